The lowest BCUT2D eigenvalue weighted by molar-refractivity contribution is -0.175. The quantitative estimate of drug-likeness (QED) is 0.128. The van der Waals surface area contributed by atoms with Crippen molar-refractivity contribution in [2.45, 2.75) is 98.3 Å². The fourth-order valence-electron chi connectivity index (χ4n) is 4.95. The third-order valence-electron chi connectivity index (χ3n) is 7.94. The van der Waals surface area contributed by atoms with E-state index in [9.17, 15) is 28.5 Å². The molecule has 0 bridgehead atoms. The molecule has 3 N–H and O–H groups in total. The molecule has 0 spiro atoms. The SMILES string of the molecule is COC(=O)[C@H](C)NP(=O)(N[C@@H](C)C(=O)OC)OC[C@@]1(C)O[C@@H](c2ccc3c(NC(=O)C(C)C)ncnn23)[C@H](OC(=O)C(C)C)[C@@H]1OC(=O)C(C)C. The number of carbonyl (C=O) groups excluding carboxylic acids is 5. The Labute approximate surface area is 296 Å². The molecule has 51 heavy (non-hydrogen) atoms. The van der Waals surface area contributed by atoms with Crippen LogP contribution in [0.15, 0.2) is 18.5 Å². The van der Waals surface area contributed by atoms with Crippen molar-refractivity contribution in [2.24, 2.45) is 17.8 Å². The van der Waals surface area contributed by atoms with Crippen molar-refractivity contribution in [1.29, 1.82) is 0 Å². The molecular weight excluding hydrogens is 691 g/mol. The number of aromatic nitrogens is 3. The van der Waals surface area contributed by atoms with Gasteiger partial charge in [-0.05, 0) is 32.9 Å². The molecule has 1 fully saturated rings. The lowest BCUT2D eigenvalue weighted by atomic mass is 9.95. The molecule has 0 aliphatic carbocycles. The predicted molar refractivity (Wildman–Crippen MR) is 181 cm³/mol. The molecular formula is C32H49N6O12P. The zero-order valence-corrected chi connectivity index (χ0v) is 31.6. The monoisotopic (exact) mass is 740 g/mol. The highest BCUT2D eigenvalue weighted by Gasteiger charge is 2.59. The number of carbonyl (C=O) groups is 5. The average Bonchev–Trinajstić information content (AvgIpc) is 3.62. The van der Waals surface area contributed by atoms with Gasteiger partial charge in [-0.2, -0.15) is 5.10 Å². The second-order valence-electron chi connectivity index (χ2n) is 13.3. The Morgan fingerprint density at radius 3 is 1.92 bits per heavy atom. The van der Waals surface area contributed by atoms with Crippen LogP contribution in [0.4, 0.5) is 5.82 Å². The summed E-state index contributed by atoms with van der Waals surface area (Å²) in [6, 6.07) is 0.930. The molecule has 2 aromatic heterocycles. The molecule has 3 heterocycles. The van der Waals surface area contributed by atoms with Crippen molar-refractivity contribution in [3.05, 3.63) is 24.2 Å². The summed E-state index contributed by atoms with van der Waals surface area (Å²) in [6.07, 6.45) is -2.58. The van der Waals surface area contributed by atoms with Crippen LogP contribution >= 0.6 is 7.67 Å². The van der Waals surface area contributed by atoms with Gasteiger partial charge < -0.3 is 33.5 Å². The smallest absolute Gasteiger partial charge is 0.342 e. The molecule has 0 radical (unpaired) electrons. The van der Waals surface area contributed by atoms with E-state index in [4.69, 9.17) is 28.2 Å². The van der Waals surface area contributed by atoms with Crippen LogP contribution in [0.5, 0.6) is 0 Å². The number of fused-ring (bicyclic) bond motifs is 1. The molecule has 0 saturated carbocycles. The summed E-state index contributed by atoms with van der Waals surface area (Å²) in [6.45, 7) is 13.6. The highest BCUT2D eigenvalue weighted by atomic mass is 31.2. The topological polar surface area (TPSA) is 224 Å². The van der Waals surface area contributed by atoms with Crippen molar-refractivity contribution in [3.8, 4) is 0 Å². The lowest BCUT2D eigenvalue weighted by Crippen LogP contribution is -2.50. The van der Waals surface area contributed by atoms with Crippen molar-refractivity contribution < 1.29 is 56.7 Å². The van der Waals surface area contributed by atoms with Gasteiger partial charge in [-0.1, -0.05) is 41.5 Å². The summed E-state index contributed by atoms with van der Waals surface area (Å²) in [5.41, 5.74) is -0.960. The standard InChI is InChI=1S/C32H49N6O12P/c1-16(2)27(39)35-26-22-13-12-21(38(22)34-15-33-26)23-24(48-28(40)17(3)4)25(49-29(41)18(5)6)32(9,50-23)14-47-51(44,36-19(7)30(42)45-10)37-20(8)31(43)46-11/h12-13,15-20,23-25H,14H2,1-11H3,(H2,36,37,44)(H,33,34,35,39)/t19-,20-,23-,24-,25-,32+/m0/s1. The zero-order valence-electron chi connectivity index (χ0n) is 30.7. The van der Waals surface area contributed by atoms with Crippen LogP contribution in [0.25, 0.3) is 5.52 Å². The first-order valence-corrected chi connectivity index (χ1v) is 18.1. The molecule has 6 atom stereocenters. The Bertz CT molecular complexity index is 1620. The number of ether oxygens (including phenoxy) is 5. The van der Waals surface area contributed by atoms with E-state index >= 15 is 0 Å². The Morgan fingerprint density at radius 2 is 1.41 bits per heavy atom. The van der Waals surface area contributed by atoms with Crippen molar-refractivity contribution in [3.63, 3.8) is 0 Å². The highest BCUT2D eigenvalue weighted by Crippen LogP contribution is 2.48. The van der Waals surface area contributed by atoms with E-state index in [1.165, 1.54) is 31.6 Å². The van der Waals surface area contributed by atoms with Crippen molar-refractivity contribution >= 4 is 48.8 Å². The minimum absolute atomic E-state index is 0.218. The predicted octanol–water partition coefficient (Wildman–Crippen LogP) is 2.72. The average molecular weight is 741 g/mol. The van der Waals surface area contributed by atoms with Crippen LogP contribution < -0.4 is 15.5 Å². The van der Waals surface area contributed by atoms with Gasteiger partial charge in [0.1, 0.15) is 35.6 Å². The van der Waals surface area contributed by atoms with E-state index in [0.29, 0.717) is 11.2 Å². The fraction of sp³-hybridized carbons (Fsp3) is 0.656. The van der Waals surface area contributed by atoms with Gasteiger partial charge in [0.2, 0.25) is 5.91 Å². The number of hydrogen-bond acceptors (Lipinski definition) is 14. The molecule has 1 saturated heterocycles. The number of esters is 4. The Kier molecular flexibility index (Phi) is 13.9. The molecule has 3 rings (SSSR count). The van der Waals surface area contributed by atoms with Crippen LogP contribution in [0.3, 0.4) is 0 Å². The Balaban J connectivity index is 2.15. The number of hydrogen-bond donors (Lipinski definition) is 3. The van der Waals surface area contributed by atoms with Gasteiger partial charge in [-0.3, -0.25) is 28.5 Å². The van der Waals surface area contributed by atoms with E-state index < -0.39 is 86.0 Å². The van der Waals surface area contributed by atoms with Crippen molar-refractivity contribution in [2.75, 3.05) is 26.1 Å². The summed E-state index contributed by atoms with van der Waals surface area (Å²) in [7, 11) is -2.05. The minimum Gasteiger partial charge on any atom is -0.468 e. The molecule has 1 aliphatic heterocycles. The van der Waals surface area contributed by atoms with E-state index in [2.05, 4.69) is 25.6 Å². The molecule has 284 valence electrons. The molecule has 1 aliphatic rings. The summed E-state index contributed by atoms with van der Waals surface area (Å²) in [5, 5.41) is 12.2. The zero-order chi connectivity index (χ0) is 38.4. The van der Waals surface area contributed by atoms with E-state index in [-0.39, 0.29) is 17.6 Å². The molecule has 1 amide bonds. The van der Waals surface area contributed by atoms with Gasteiger partial charge in [0, 0.05) is 5.92 Å². The van der Waals surface area contributed by atoms with Crippen LogP contribution in [0, 0.1) is 17.8 Å². The van der Waals surface area contributed by atoms with Gasteiger partial charge in [0.05, 0.1) is 38.4 Å². The maximum Gasteiger partial charge on any atom is 0.342 e. The van der Waals surface area contributed by atoms with Gasteiger partial charge in [0.15, 0.2) is 18.0 Å². The first-order chi connectivity index (χ1) is 23.8. The molecule has 2 aromatic rings. The number of methoxy groups -OCH3 is 2. The number of nitrogens with one attached hydrogen (secondary N) is 3. The Hall–Kier alpha value is -3.96. The number of anilines is 1. The Morgan fingerprint density at radius 1 is 0.863 bits per heavy atom. The molecule has 0 aromatic carbocycles. The molecule has 0 unspecified atom stereocenters. The maximum absolute atomic E-state index is 14.3. The van der Waals surface area contributed by atoms with Crippen molar-refractivity contribution in [1.82, 2.24) is 24.8 Å². The van der Waals surface area contributed by atoms with E-state index in [1.807, 2.05) is 0 Å². The number of amides is 1. The fourth-order valence-corrected chi connectivity index (χ4v) is 6.84. The van der Waals surface area contributed by atoms with Gasteiger partial charge in [0.25, 0.3) is 0 Å². The van der Waals surface area contributed by atoms with Crippen LogP contribution in [0.1, 0.15) is 74.1 Å². The van der Waals surface area contributed by atoms with E-state index in [0.717, 1.165) is 14.2 Å². The normalized spacial score (nSPS) is 21.8. The second kappa shape index (κ2) is 17.0. The maximum atomic E-state index is 14.3. The molecule has 19 heteroatoms. The summed E-state index contributed by atoms with van der Waals surface area (Å²) in [4.78, 5) is 67.6. The summed E-state index contributed by atoms with van der Waals surface area (Å²) >= 11 is 0. The van der Waals surface area contributed by atoms with Gasteiger partial charge in [-0.15, -0.1) is 0 Å². The third-order valence-corrected chi connectivity index (χ3v) is 9.89. The summed E-state index contributed by atoms with van der Waals surface area (Å²) < 4.78 is 49.7. The number of rotatable bonds is 16. The van der Waals surface area contributed by atoms with E-state index in [1.54, 1.807) is 53.7 Å². The second-order valence-corrected chi connectivity index (χ2v) is 15.2. The van der Waals surface area contributed by atoms with Crippen LogP contribution in [-0.2, 0) is 56.7 Å². The van der Waals surface area contributed by atoms with Crippen LogP contribution in [-0.4, -0.2) is 95.1 Å². The lowest BCUT2D eigenvalue weighted by Gasteiger charge is -2.33. The first-order valence-electron chi connectivity index (χ1n) is 16.5. The largest absolute Gasteiger partial charge is 0.468 e. The van der Waals surface area contributed by atoms with Crippen LogP contribution in [0.2, 0.25) is 0 Å². The molecule has 18 nitrogen and oxygen atoms in total. The highest BCUT2D eigenvalue weighted by molar-refractivity contribution is 7.54. The van der Waals surface area contributed by atoms with Gasteiger partial charge >= 0.3 is 31.5 Å². The number of nitrogens with zero attached hydrogens (tertiary/aromatic N) is 3. The third kappa shape index (κ3) is 9.89. The first kappa shape index (κ1) is 41.5. The summed E-state index contributed by atoms with van der Waals surface area (Å²) in [5.74, 6) is -4.42. The minimum atomic E-state index is -4.35. The van der Waals surface area contributed by atoms with Gasteiger partial charge in [-0.25, -0.2) is 19.7 Å².